The topological polar surface area (TPSA) is 96.9 Å². The standard InChI is InChI=1S/C11H22N2O5/c1-17-8-9-18-7-6-13-11(16)12-5-3-2-4-10(14)15/h2-9H2,1H3,(H,14,15)(H2,12,13,16). The average molecular weight is 262 g/mol. The van der Waals surface area contributed by atoms with Gasteiger partial charge in [-0.3, -0.25) is 4.79 Å². The Hall–Kier alpha value is -1.34. The molecule has 0 fully saturated rings. The molecule has 0 saturated heterocycles. The Labute approximate surface area is 107 Å². The lowest BCUT2D eigenvalue weighted by molar-refractivity contribution is -0.137. The first-order valence-electron chi connectivity index (χ1n) is 5.97. The van der Waals surface area contributed by atoms with Crippen molar-refractivity contribution in [1.29, 1.82) is 0 Å². The Morgan fingerprint density at radius 2 is 1.78 bits per heavy atom. The summed E-state index contributed by atoms with van der Waals surface area (Å²) >= 11 is 0. The van der Waals surface area contributed by atoms with Crippen LogP contribution in [-0.2, 0) is 14.3 Å². The van der Waals surface area contributed by atoms with Crippen molar-refractivity contribution >= 4 is 12.0 Å². The summed E-state index contributed by atoms with van der Waals surface area (Å²) in [4.78, 5) is 21.4. The van der Waals surface area contributed by atoms with Crippen molar-refractivity contribution in [2.75, 3.05) is 40.0 Å². The van der Waals surface area contributed by atoms with Crippen LogP contribution in [0.4, 0.5) is 4.79 Å². The van der Waals surface area contributed by atoms with Crippen LogP contribution in [0.15, 0.2) is 0 Å². The number of amides is 2. The summed E-state index contributed by atoms with van der Waals surface area (Å²) in [6.45, 7) is 2.40. The number of carbonyl (C=O) groups excluding carboxylic acids is 1. The Bertz CT molecular complexity index is 235. The molecule has 3 N–H and O–H groups in total. The number of nitrogens with one attached hydrogen (secondary N) is 2. The highest BCUT2D eigenvalue weighted by molar-refractivity contribution is 5.73. The third kappa shape index (κ3) is 12.7. The zero-order valence-corrected chi connectivity index (χ0v) is 10.7. The van der Waals surface area contributed by atoms with Gasteiger partial charge < -0.3 is 25.2 Å². The molecule has 0 saturated carbocycles. The van der Waals surface area contributed by atoms with E-state index in [2.05, 4.69) is 10.6 Å². The highest BCUT2D eigenvalue weighted by Gasteiger charge is 2.00. The first kappa shape index (κ1) is 16.7. The summed E-state index contributed by atoms with van der Waals surface area (Å²) < 4.78 is 9.96. The smallest absolute Gasteiger partial charge is 0.314 e. The molecule has 0 unspecified atom stereocenters. The van der Waals surface area contributed by atoms with Crippen molar-refractivity contribution in [3.8, 4) is 0 Å². The van der Waals surface area contributed by atoms with Crippen molar-refractivity contribution in [2.45, 2.75) is 19.3 Å². The minimum Gasteiger partial charge on any atom is -0.481 e. The lowest BCUT2D eigenvalue weighted by Crippen LogP contribution is -2.37. The second-order valence-electron chi connectivity index (χ2n) is 3.64. The van der Waals surface area contributed by atoms with Gasteiger partial charge in [0.15, 0.2) is 0 Å². The largest absolute Gasteiger partial charge is 0.481 e. The number of carboxylic acids is 1. The zero-order chi connectivity index (χ0) is 13.6. The Morgan fingerprint density at radius 3 is 2.44 bits per heavy atom. The molecule has 0 aliphatic carbocycles. The molecule has 0 radical (unpaired) electrons. The molecular weight excluding hydrogens is 240 g/mol. The third-order valence-electron chi connectivity index (χ3n) is 2.07. The van der Waals surface area contributed by atoms with Crippen LogP contribution in [0.25, 0.3) is 0 Å². The van der Waals surface area contributed by atoms with E-state index in [-0.39, 0.29) is 12.5 Å². The van der Waals surface area contributed by atoms with E-state index in [4.69, 9.17) is 14.6 Å². The molecule has 0 aliphatic rings. The van der Waals surface area contributed by atoms with Crippen LogP contribution in [0.5, 0.6) is 0 Å². The van der Waals surface area contributed by atoms with Crippen molar-refractivity contribution in [1.82, 2.24) is 10.6 Å². The number of hydrogen-bond acceptors (Lipinski definition) is 4. The average Bonchev–Trinajstić information content (AvgIpc) is 2.33. The normalized spacial score (nSPS) is 10.1. The first-order valence-corrected chi connectivity index (χ1v) is 5.97. The number of ether oxygens (including phenoxy) is 2. The van der Waals surface area contributed by atoms with Crippen molar-refractivity contribution in [3.05, 3.63) is 0 Å². The van der Waals surface area contributed by atoms with Crippen LogP contribution in [0.2, 0.25) is 0 Å². The molecule has 0 rings (SSSR count). The van der Waals surface area contributed by atoms with Gasteiger partial charge in [0, 0.05) is 26.6 Å². The van der Waals surface area contributed by atoms with E-state index in [0.29, 0.717) is 45.8 Å². The van der Waals surface area contributed by atoms with Gasteiger partial charge in [-0.05, 0) is 12.8 Å². The van der Waals surface area contributed by atoms with Crippen molar-refractivity contribution in [2.24, 2.45) is 0 Å². The molecule has 18 heavy (non-hydrogen) atoms. The van der Waals surface area contributed by atoms with Gasteiger partial charge in [0.2, 0.25) is 0 Å². The van der Waals surface area contributed by atoms with E-state index in [9.17, 15) is 9.59 Å². The number of aliphatic carboxylic acids is 1. The van der Waals surface area contributed by atoms with E-state index in [0.717, 1.165) is 0 Å². The third-order valence-corrected chi connectivity index (χ3v) is 2.07. The first-order chi connectivity index (χ1) is 8.66. The molecule has 0 aromatic rings. The van der Waals surface area contributed by atoms with E-state index in [1.807, 2.05) is 0 Å². The maximum Gasteiger partial charge on any atom is 0.314 e. The minimum atomic E-state index is -0.812. The van der Waals surface area contributed by atoms with Gasteiger partial charge in [-0.25, -0.2) is 4.79 Å². The number of methoxy groups -OCH3 is 1. The molecule has 0 bridgehead atoms. The van der Waals surface area contributed by atoms with Gasteiger partial charge in [-0.2, -0.15) is 0 Å². The fraction of sp³-hybridized carbons (Fsp3) is 0.818. The highest BCUT2D eigenvalue weighted by Crippen LogP contribution is 1.92. The number of unbranched alkanes of at least 4 members (excludes halogenated alkanes) is 1. The lowest BCUT2D eigenvalue weighted by atomic mass is 10.2. The van der Waals surface area contributed by atoms with Crippen LogP contribution < -0.4 is 10.6 Å². The van der Waals surface area contributed by atoms with Crippen LogP contribution in [0, 0.1) is 0 Å². The summed E-state index contributed by atoms with van der Waals surface area (Å²) in [5.41, 5.74) is 0. The fourth-order valence-electron chi connectivity index (χ4n) is 1.15. The maximum atomic E-state index is 11.2. The van der Waals surface area contributed by atoms with E-state index >= 15 is 0 Å². The summed E-state index contributed by atoms with van der Waals surface area (Å²) in [6.07, 6.45) is 1.36. The second kappa shape index (κ2) is 12.1. The minimum absolute atomic E-state index is 0.136. The predicted octanol–water partition coefficient (Wildman–Crippen LogP) is 0.204. The van der Waals surface area contributed by atoms with E-state index < -0.39 is 5.97 Å². The summed E-state index contributed by atoms with van der Waals surface area (Å²) in [6, 6.07) is -0.263. The van der Waals surface area contributed by atoms with Gasteiger partial charge >= 0.3 is 12.0 Å². The molecule has 0 aliphatic heterocycles. The number of carboxylic acid groups (broad SMARTS) is 1. The summed E-state index contributed by atoms with van der Waals surface area (Å²) in [7, 11) is 1.60. The lowest BCUT2D eigenvalue weighted by Gasteiger charge is -2.07. The van der Waals surface area contributed by atoms with Crippen LogP contribution in [0.3, 0.4) is 0 Å². The molecule has 7 nitrogen and oxygen atoms in total. The molecular formula is C11H22N2O5. The molecule has 106 valence electrons. The second-order valence-corrected chi connectivity index (χ2v) is 3.64. The molecule has 0 heterocycles. The van der Waals surface area contributed by atoms with Gasteiger partial charge in [0.25, 0.3) is 0 Å². The zero-order valence-electron chi connectivity index (χ0n) is 10.7. The maximum absolute atomic E-state index is 11.2. The Balaban J connectivity index is 3.20. The van der Waals surface area contributed by atoms with Gasteiger partial charge in [0.1, 0.15) is 0 Å². The SMILES string of the molecule is COCCOCCNC(=O)NCCCCC(=O)O. The van der Waals surface area contributed by atoms with Crippen molar-refractivity contribution < 1.29 is 24.2 Å². The molecule has 7 heteroatoms. The molecule has 0 atom stereocenters. The molecule has 0 aromatic heterocycles. The number of hydrogen-bond donors (Lipinski definition) is 3. The number of urea groups is 1. The fourth-order valence-corrected chi connectivity index (χ4v) is 1.15. The molecule has 0 spiro atoms. The summed E-state index contributed by atoms with van der Waals surface area (Å²) in [5.74, 6) is -0.812. The Kier molecular flexibility index (Phi) is 11.2. The number of rotatable bonds is 11. The van der Waals surface area contributed by atoms with Crippen LogP contribution in [-0.4, -0.2) is 57.1 Å². The van der Waals surface area contributed by atoms with Gasteiger partial charge in [-0.15, -0.1) is 0 Å². The van der Waals surface area contributed by atoms with E-state index in [1.54, 1.807) is 7.11 Å². The monoisotopic (exact) mass is 262 g/mol. The van der Waals surface area contributed by atoms with Crippen LogP contribution in [0.1, 0.15) is 19.3 Å². The highest BCUT2D eigenvalue weighted by atomic mass is 16.5. The van der Waals surface area contributed by atoms with Gasteiger partial charge in [-0.1, -0.05) is 0 Å². The number of carbonyl (C=O) groups is 2. The molecule has 2 amide bonds. The van der Waals surface area contributed by atoms with Crippen molar-refractivity contribution in [3.63, 3.8) is 0 Å². The quantitative estimate of drug-likeness (QED) is 0.462. The molecule has 0 aromatic carbocycles. The Morgan fingerprint density at radius 1 is 1.06 bits per heavy atom. The van der Waals surface area contributed by atoms with Gasteiger partial charge in [0.05, 0.1) is 19.8 Å². The predicted molar refractivity (Wildman–Crippen MR) is 65.6 cm³/mol. The summed E-state index contributed by atoms with van der Waals surface area (Å²) in [5, 5.41) is 13.7. The van der Waals surface area contributed by atoms with Crippen LogP contribution >= 0.6 is 0 Å². The van der Waals surface area contributed by atoms with E-state index in [1.165, 1.54) is 0 Å².